The van der Waals surface area contributed by atoms with Crippen LogP contribution in [-0.4, -0.2) is 32.9 Å². The van der Waals surface area contributed by atoms with Crippen LogP contribution in [-0.2, 0) is 16.4 Å². The number of benzene rings is 1. The Balaban J connectivity index is 2.29. The van der Waals surface area contributed by atoms with Crippen molar-refractivity contribution in [1.29, 1.82) is 0 Å². The molecule has 0 aliphatic carbocycles. The van der Waals surface area contributed by atoms with E-state index in [0.717, 1.165) is 12.4 Å². The molecule has 1 aromatic carbocycles. The van der Waals surface area contributed by atoms with Gasteiger partial charge in [-0.2, -0.15) is 5.10 Å². The molecule has 0 radical (unpaired) electrons. The maximum absolute atomic E-state index is 14.2. The number of hydrogen-bond acceptors (Lipinski definition) is 6. The van der Waals surface area contributed by atoms with Crippen molar-refractivity contribution in [3.63, 3.8) is 0 Å². The minimum atomic E-state index is -4.05. The summed E-state index contributed by atoms with van der Waals surface area (Å²) in [5.74, 6) is -0.628. The van der Waals surface area contributed by atoms with Crippen molar-refractivity contribution in [1.82, 2.24) is 5.43 Å². The molecule has 0 spiro atoms. The molecule has 5 N–H and O–H groups in total. The van der Waals surface area contributed by atoms with Crippen LogP contribution in [0.1, 0.15) is 5.76 Å². The van der Waals surface area contributed by atoms with Gasteiger partial charge in [0.1, 0.15) is 24.5 Å². The van der Waals surface area contributed by atoms with Crippen LogP contribution < -0.4 is 16.5 Å². The Labute approximate surface area is 143 Å². The minimum Gasteiger partial charge on any atom is -0.447 e. The normalized spacial score (nSPS) is 12.5. The molecule has 0 amide bonds. The summed E-state index contributed by atoms with van der Waals surface area (Å²) in [4.78, 5) is 3.50. The largest absolute Gasteiger partial charge is 0.447 e. The van der Waals surface area contributed by atoms with Crippen molar-refractivity contribution >= 4 is 27.8 Å². The second-order valence-corrected chi connectivity index (χ2v) is 6.49. The zero-order valence-electron chi connectivity index (χ0n) is 13.1. The van der Waals surface area contributed by atoms with Crippen LogP contribution in [0.3, 0.4) is 0 Å². The highest BCUT2D eigenvalue weighted by Crippen LogP contribution is 2.26. The number of aliphatic hydroxyl groups is 1. The van der Waals surface area contributed by atoms with Gasteiger partial charge in [0.15, 0.2) is 0 Å². The van der Waals surface area contributed by atoms with Gasteiger partial charge in [0, 0.05) is 7.05 Å². The van der Waals surface area contributed by atoms with E-state index < -0.39 is 22.3 Å². The van der Waals surface area contributed by atoms with E-state index in [0.29, 0.717) is 0 Å². The van der Waals surface area contributed by atoms with Crippen molar-refractivity contribution < 1.29 is 22.3 Å². The van der Waals surface area contributed by atoms with Gasteiger partial charge < -0.3 is 20.6 Å². The summed E-state index contributed by atoms with van der Waals surface area (Å²) in [6.07, 6.45) is 0.989. The highest BCUT2D eigenvalue weighted by molar-refractivity contribution is 7.91. The molecule has 1 aromatic heterocycles. The van der Waals surface area contributed by atoms with Gasteiger partial charge in [0.2, 0.25) is 20.9 Å². The average Bonchev–Trinajstić information content (AvgIpc) is 3.09. The van der Waals surface area contributed by atoms with E-state index in [1.54, 1.807) is 0 Å². The van der Waals surface area contributed by atoms with Gasteiger partial charge in [-0.15, -0.1) is 0 Å². The van der Waals surface area contributed by atoms with E-state index in [2.05, 4.69) is 20.8 Å². The molecule has 9 nitrogen and oxygen atoms in total. The Morgan fingerprint density at radius 1 is 1.40 bits per heavy atom. The molecule has 0 atom stereocenters. The number of sulfone groups is 1. The van der Waals surface area contributed by atoms with Gasteiger partial charge in [-0.1, -0.05) is 0 Å². The molecule has 11 heteroatoms. The number of nitrogens with one attached hydrogen (secondary N) is 2. The van der Waals surface area contributed by atoms with Gasteiger partial charge in [-0.05, 0) is 30.3 Å². The minimum absolute atomic E-state index is 0.0187. The summed E-state index contributed by atoms with van der Waals surface area (Å²) in [5.41, 5.74) is 7.50. The average molecular weight is 369 g/mol. The third kappa shape index (κ3) is 4.14. The first-order valence-corrected chi connectivity index (χ1v) is 8.38. The molecular weight excluding hydrogens is 353 g/mol. The lowest BCUT2D eigenvalue weighted by Crippen LogP contribution is -2.27. The number of aliphatic imine (C=N–C) groups is 1. The fraction of sp³-hybridized carbons (Fsp3) is 0.143. The molecule has 134 valence electrons. The maximum atomic E-state index is 14.2. The summed E-state index contributed by atoms with van der Waals surface area (Å²) in [5, 5.41) is 14.7. The highest BCUT2D eigenvalue weighted by atomic mass is 32.2. The number of nitrogens with two attached hydrogens (primary N) is 1. The van der Waals surface area contributed by atoms with Crippen molar-refractivity contribution in [3.05, 3.63) is 41.9 Å². The quantitative estimate of drug-likeness (QED) is 0.344. The van der Waals surface area contributed by atoms with Crippen LogP contribution in [0.25, 0.3) is 0 Å². The van der Waals surface area contributed by atoms with E-state index >= 15 is 0 Å². The zero-order valence-corrected chi connectivity index (χ0v) is 13.9. The lowest BCUT2D eigenvalue weighted by atomic mass is 10.3. The predicted molar refractivity (Wildman–Crippen MR) is 89.3 cm³/mol. The number of hydrazone groups is 1. The number of rotatable bonds is 5. The van der Waals surface area contributed by atoms with Crippen molar-refractivity contribution in [2.45, 2.75) is 16.6 Å². The first-order chi connectivity index (χ1) is 11.9. The molecule has 0 aliphatic heterocycles. The standard InChI is InChI=1S/C14H16FN5O4S/c1-17-14(20-18-8-16)19-12-4-3-10(6-11(12)15)25(22,23)13-5-2-9(7-21)24-13/h2-6,8,21H,7H2,1H3,(H2,16,18)(H2,17,19,20). The molecule has 0 fully saturated rings. The van der Waals surface area contributed by atoms with Gasteiger partial charge in [-0.25, -0.2) is 18.2 Å². The molecule has 25 heavy (non-hydrogen) atoms. The molecule has 0 saturated heterocycles. The van der Waals surface area contributed by atoms with Gasteiger partial charge in [0.05, 0.1) is 10.6 Å². The topological polar surface area (TPSA) is 142 Å². The number of halogens is 1. The first-order valence-electron chi connectivity index (χ1n) is 6.89. The Morgan fingerprint density at radius 2 is 2.16 bits per heavy atom. The lowest BCUT2D eigenvalue weighted by Gasteiger charge is -2.10. The van der Waals surface area contributed by atoms with E-state index in [9.17, 15) is 12.8 Å². The predicted octanol–water partition coefficient (Wildman–Crippen LogP) is 0.633. The number of furan rings is 1. The molecule has 2 rings (SSSR count). The molecular formula is C14H16FN5O4S. The number of guanidine groups is 1. The number of hydrogen-bond donors (Lipinski definition) is 4. The number of anilines is 1. The molecule has 2 aromatic rings. The van der Waals surface area contributed by atoms with E-state index in [1.807, 2.05) is 0 Å². The SMILES string of the molecule is CN=C(N/N=C/N)Nc1ccc(S(=O)(=O)c2ccc(CO)o2)cc1F. The Hall–Kier alpha value is -2.92. The third-order valence-corrected chi connectivity index (χ3v) is 4.65. The molecule has 1 heterocycles. The first kappa shape index (κ1) is 18.4. The van der Waals surface area contributed by atoms with Crippen LogP contribution in [0.4, 0.5) is 10.1 Å². The second kappa shape index (κ2) is 7.77. The Kier molecular flexibility index (Phi) is 5.72. The van der Waals surface area contributed by atoms with Crippen LogP contribution in [0.15, 0.2) is 54.8 Å². The zero-order chi connectivity index (χ0) is 18.4. The number of aliphatic hydroxyl groups excluding tert-OH is 1. The smallest absolute Gasteiger partial charge is 0.239 e. The monoisotopic (exact) mass is 369 g/mol. The Bertz CT molecular complexity index is 908. The highest BCUT2D eigenvalue weighted by Gasteiger charge is 2.23. The number of nitrogens with zero attached hydrogens (tertiary/aromatic N) is 2. The lowest BCUT2D eigenvalue weighted by molar-refractivity contribution is 0.236. The molecule has 0 saturated carbocycles. The fourth-order valence-corrected chi connectivity index (χ4v) is 3.03. The summed E-state index contributed by atoms with van der Waals surface area (Å²) in [6, 6.07) is 5.81. The van der Waals surface area contributed by atoms with Crippen LogP contribution in [0.5, 0.6) is 0 Å². The van der Waals surface area contributed by atoms with Crippen LogP contribution in [0.2, 0.25) is 0 Å². The summed E-state index contributed by atoms with van der Waals surface area (Å²) >= 11 is 0. The van der Waals surface area contributed by atoms with E-state index in [-0.39, 0.29) is 27.4 Å². The molecule has 0 aliphatic rings. The van der Waals surface area contributed by atoms with Crippen molar-refractivity contribution in [3.8, 4) is 0 Å². The van der Waals surface area contributed by atoms with Crippen molar-refractivity contribution in [2.75, 3.05) is 12.4 Å². The molecule has 0 unspecified atom stereocenters. The summed E-state index contributed by atoms with van der Waals surface area (Å²) in [6.45, 7) is -0.440. The maximum Gasteiger partial charge on any atom is 0.239 e. The van der Waals surface area contributed by atoms with Crippen molar-refractivity contribution in [2.24, 2.45) is 15.8 Å². The van der Waals surface area contributed by atoms with Gasteiger partial charge in [0.25, 0.3) is 0 Å². The third-order valence-electron chi connectivity index (χ3n) is 3.03. The van der Waals surface area contributed by atoms with Crippen LogP contribution >= 0.6 is 0 Å². The van der Waals surface area contributed by atoms with Gasteiger partial charge >= 0.3 is 0 Å². The molecule has 0 bridgehead atoms. The fourth-order valence-electron chi connectivity index (χ4n) is 1.83. The van der Waals surface area contributed by atoms with Crippen LogP contribution in [0, 0.1) is 5.82 Å². The van der Waals surface area contributed by atoms with E-state index in [1.165, 1.54) is 31.3 Å². The van der Waals surface area contributed by atoms with Gasteiger partial charge in [-0.3, -0.25) is 4.99 Å². The summed E-state index contributed by atoms with van der Waals surface area (Å²) < 4.78 is 44.1. The summed E-state index contributed by atoms with van der Waals surface area (Å²) in [7, 11) is -2.61. The van der Waals surface area contributed by atoms with E-state index in [4.69, 9.17) is 15.3 Å². The Morgan fingerprint density at radius 3 is 2.72 bits per heavy atom. The second-order valence-electron chi connectivity index (χ2n) is 4.61.